The van der Waals surface area contributed by atoms with Gasteiger partial charge >= 0.3 is 0 Å². The number of ether oxygens (including phenoxy) is 1. The monoisotopic (exact) mass is 328 g/mol. The van der Waals surface area contributed by atoms with E-state index in [1.165, 1.54) is 0 Å². The first-order valence-electron chi connectivity index (χ1n) is 6.33. The second kappa shape index (κ2) is 6.98. The van der Waals surface area contributed by atoms with Gasteiger partial charge in [-0.25, -0.2) is 0 Å². The Morgan fingerprint density at radius 1 is 1.47 bits per heavy atom. The SMILES string of the molecule is O=C(c1cncc(Br)c1)N1CCC(OCCO)CC1. The van der Waals surface area contributed by atoms with Gasteiger partial charge in [-0.1, -0.05) is 0 Å². The summed E-state index contributed by atoms with van der Waals surface area (Å²) in [5, 5.41) is 8.71. The van der Waals surface area contributed by atoms with E-state index in [0.29, 0.717) is 25.3 Å². The van der Waals surface area contributed by atoms with Crippen LogP contribution in [0.1, 0.15) is 23.2 Å². The number of likely N-dealkylation sites (tertiary alicyclic amines) is 1. The molecule has 1 aromatic rings. The third-order valence-corrected chi connectivity index (χ3v) is 3.56. The molecule has 6 heteroatoms. The van der Waals surface area contributed by atoms with Gasteiger partial charge in [0.2, 0.25) is 0 Å². The van der Waals surface area contributed by atoms with E-state index in [0.717, 1.165) is 17.3 Å². The van der Waals surface area contributed by atoms with Crippen molar-refractivity contribution in [2.24, 2.45) is 0 Å². The minimum atomic E-state index is 0.00871. The van der Waals surface area contributed by atoms with Gasteiger partial charge in [0.05, 0.1) is 24.9 Å². The predicted octanol–water partition coefficient (Wildman–Crippen LogP) is 1.46. The first-order valence-corrected chi connectivity index (χ1v) is 7.12. The van der Waals surface area contributed by atoms with Crippen LogP contribution in [0.5, 0.6) is 0 Å². The topological polar surface area (TPSA) is 62.7 Å². The lowest BCUT2D eigenvalue weighted by Gasteiger charge is -2.31. The van der Waals surface area contributed by atoms with Gasteiger partial charge in [0.25, 0.3) is 5.91 Å². The van der Waals surface area contributed by atoms with Gasteiger partial charge in [-0.2, -0.15) is 0 Å². The number of aromatic nitrogens is 1. The molecule has 0 bridgehead atoms. The van der Waals surface area contributed by atoms with Crippen LogP contribution in [-0.4, -0.2) is 53.3 Å². The lowest BCUT2D eigenvalue weighted by Crippen LogP contribution is -2.41. The Kier molecular flexibility index (Phi) is 5.30. The minimum Gasteiger partial charge on any atom is -0.394 e. The van der Waals surface area contributed by atoms with Crippen molar-refractivity contribution in [3.8, 4) is 0 Å². The molecule has 104 valence electrons. The molecule has 0 aliphatic carbocycles. The smallest absolute Gasteiger partial charge is 0.255 e. The molecule has 0 spiro atoms. The molecule has 0 saturated carbocycles. The fraction of sp³-hybridized carbons (Fsp3) is 0.538. The Bertz CT molecular complexity index is 434. The number of hydrogen-bond donors (Lipinski definition) is 1. The number of carbonyl (C=O) groups excluding carboxylic acids is 1. The summed E-state index contributed by atoms with van der Waals surface area (Å²) in [7, 11) is 0. The van der Waals surface area contributed by atoms with E-state index in [2.05, 4.69) is 20.9 Å². The molecule has 2 rings (SSSR count). The van der Waals surface area contributed by atoms with E-state index in [1.807, 2.05) is 4.90 Å². The van der Waals surface area contributed by atoms with Crippen molar-refractivity contribution < 1.29 is 14.6 Å². The Morgan fingerprint density at radius 2 is 2.21 bits per heavy atom. The van der Waals surface area contributed by atoms with Gasteiger partial charge in [0.15, 0.2) is 0 Å². The predicted molar refractivity (Wildman–Crippen MR) is 73.9 cm³/mol. The second-order valence-electron chi connectivity index (χ2n) is 4.48. The number of rotatable bonds is 4. The van der Waals surface area contributed by atoms with E-state index < -0.39 is 0 Å². The summed E-state index contributed by atoms with van der Waals surface area (Å²) in [5.74, 6) is 0.00871. The fourth-order valence-electron chi connectivity index (χ4n) is 2.16. The zero-order chi connectivity index (χ0) is 13.7. The number of piperidine rings is 1. The standard InChI is InChI=1S/C13H17BrN2O3/c14-11-7-10(8-15-9-11)13(18)16-3-1-12(2-4-16)19-6-5-17/h7-9,12,17H,1-6H2. The highest BCUT2D eigenvalue weighted by atomic mass is 79.9. The maximum atomic E-state index is 12.3. The van der Waals surface area contributed by atoms with Crippen LogP contribution in [0.15, 0.2) is 22.9 Å². The quantitative estimate of drug-likeness (QED) is 0.908. The second-order valence-corrected chi connectivity index (χ2v) is 5.39. The average Bonchev–Trinajstić information content (AvgIpc) is 2.45. The Balaban J connectivity index is 1.89. The van der Waals surface area contributed by atoms with Crippen LogP contribution >= 0.6 is 15.9 Å². The van der Waals surface area contributed by atoms with E-state index in [9.17, 15) is 4.79 Å². The van der Waals surface area contributed by atoms with Crippen molar-refractivity contribution in [1.29, 1.82) is 0 Å². The molecule has 1 aromatic heterocycles. The number of pyridine rings is 1. The normalized spacial score (nSPS) is 16.6. The van der Waals surface area contributed by atoms with Crippen LogP contribution in [-0.2, 0) is 4.74 Å². The van der Waals surface area contributed by atoms with Crippen LogP contribution in [0.25, 0.3) is 0 Å². The molecule has 1 aliphatic heterocycles. The van der Waals surface area contributed by atoms with Crippen molar-refractivity contribution in [2.45, 2.75) is 18.9 Å². The number of aliphatic hydroxyl groups is 1. The Morgan fingerprint density at radius 3 is 2.84 bits per heavy atom. The van der Waals surface area contributed by atoms with Gasteiger partial charge in [0.1, 0.15) is 0 Å². The van der Waals surface area contributed by atoms with Crippen LogP contribution in [0.4, 0.5) is 0 Å². The highest BCUT2D eigenvalue weighted by molar-refractivity contribution is 9.10. The molecule has 1 aliphatic rings. The van der Waals surface area contributed by atoms with E-state index >= 15 is 0 Å². The number of carbonyl (C=O) groups is 1. The van der Waals surface area contributed by atoms with E-state index in [1.54, 1.807) is 18.5 Å². The molecule has 5 nitrogen and oxygen atoms in total. The first kappa shape index (κ1) is 14.4. The number of aliphatic hydroxyl groups excluding tert-OH is 1. The lowest BCUT2D eigenvalue weighted by atomic mass is 10.1. The zero-order valence-corrected chi connectivity index (χ0v) is 12.2. The molecule has 0 atom stereocenters. The molecule has 0 aromatic carbocycles. The Hall–Kier alpha value is -0.980. The highest BCUT2D eigenvalue weighted by Crippen LogP contribution is 2.17. The maximum Gasteiger partial charge on any atom is 0.255 e. The average molecular weight is 329 g/mol. The molecule has 1 saturated heterocycles. The molecule has 2 heterocycles. The van der Waals surface area contributed by atoms with Crippen LogP contribution in [0.3, 0.4) is 0 Å². The fourth-order valence-corrected chi connectivity index (χ4v) is 2.52. The largest absolute Gasteiger partial charge is 0.394 e. The van der Waals surface area contributed by atoms with Gasteiger partial charge in [0, 0.05) is 30.0 Å². The summed E-state index contributed by atoms with van der Waals surface area (Å²) in [5.41, 5.74) is 0.601. The molecule has 1 fully saturated rings. The summed E-state index contributed by atoms with van der Waals surface area (Å²) < 4.78 is 6.28. The first-order chi connectivity index (χ1) is 9.20. The summed E-state index contributed by atoms with van der Waals surface area (Å²) >= 11 is 3.32. The van der Waals surface area contributed by atoms with Gasteiger partial charge in [-0.3, -0.25) is 9.78 Å². The number of hydrogen-bond acceptors (Lipinski definition) is 4. The summed E-state index contributed by atoms with van der Waals surface area (Å²) in [4.78, 5) is 18.1. The Labute approximate surface area is 120 Å². The molecular formula is C13H17BrN2O3. The van der Waals surface area contributed by atoms with Crippen molar-refractivity contribution in [3.63, 3.8) is 0 Å². The zero-order valence-electron chi connectivity index (χ0n) is 10.6. The van der Waals surface area contributed by atoms with Gasteiger partial charge in [-0.15, -0.1) is 0 Å². The molecule has 1 N–H and O–H groups in total. The summed E-state index contributed by atoms with van der Waals surface area (Å²) in [6.07, 6.45) is 5.02. The number of halogens is 1. The van der Waals surface area contributed by atoms with Crippen LogP contribution in [0, 0.1) is 0 Å². The summed E-state index contributed by atoms with van der Waals surface area (Å²) in [6, 6.07) is 1.78. The highest BCUT2D eigenvalue weighted by Gasteiger charge is 2.24. The molecule has 19 heavy (non-hydrogen) atoms. The van der Waals surface area contributed by atoms with Crippen molar-refractivity contribution >= 4 is 21.8 Å². The van der Waals surface area contributed by atoms with Crippen molar-refractivity contribution in [1.82, 2.24) is 9.88 Å². The van der Waals surface area contributed by atoms with Gasteiger partial charge < -0.3 is 14.7 Å². The van der Waals surface area contributed by atoms with Crippen LogP contribution < -0.4 is 0 Å². The van der Waals surface area contributed by atoms with Crippen molar-refractivity contribution in [2.75, 3.05) is 26.3 Å². The van der Waals surface area contributed by atoms with E-state index in [4.69, 9.17) is 9.84 Å². The number of amides is 1. The van der Waals surface area contributed by atoms with E-state index in [-0.39, 0.29) is 18.6 Å². The molecule has 1 amide bonds. The van der Waals surface area contributed by atoms with Crippen LogP contribution in [0.2, 0.25) is 0 Å². The summed E-state index contributed by atoms with van der Waals surface area (Å²) in [6.45, 7) is 1.78. The number of nitrogens with zero attached hydrogens (tertiary/aromatic N) is 2. The third-order valence-electron chi connectivity index (χ3n) is 3.13. The minimum absolute atomic E-state index is 0.00871. The molecule has 0 radical (unpaired) electrons. The third kappa shape index (κ3) is 3.99. The lowest BCUT2D eigenvalue weighted by molar-refractivity contribution is -0.00555. The molecule has 0 unspecified atom stereocenters. The maximum absolute atomic E-state index is 12.3. The molecular weight excluding hydrogens is 312 g/mol. The van der Waals surface area contributed by atoms with Gasteiger partial charge in [-0.05, 0) is 34.8 Å². The van der Waals surface area contributed by atoms with Crippen molar-refractivity contribution in [3.05, 3.63) is 28.5 Å².